The molecule has 0 amide bonds. The maximum atomic E-state index is 5.39. The summed E-state index contributed by atoms with van der Waals surface area (Å²) in [5.74, 6) is 0. The van der Waals surface area contributed by atoms with Gasteiger partial charge in [0.05, 0.1) is 0 Å². The normalized spacial score (nSPS) is 8.71. The van der Waals surface area contributed by atoms with Crippen molar-refractivity contribution in [2.75, 3.05) is 0 Å². The third-order valence-electron chi connectivity index (χ3n) is 0.578. The zero-order chi connectivity index (χ0) is 5.11. The van der Waals surface area contributed by atoms with Gasteiger partial charge in [0.15, 0.2) is 0 Å². The van der Waals surface area contributed by atoms with Crippen LogP contribution in [-0.4, -0.2) is 4.98 Å². The van der Waals surface area contributed by atoms with Crippen LogP contribution in [0.3, 0.4) is 0 Å². The predicted molar refractivity (Wildman–Crippen MR) is 25.7 cm³/mol. The van der Waals surface area contributed by atoms with Gasteiger partial charge in [-0.15, -0.1) is 4.09 Å². The summed E-state index contributed by atoms with van der Waals surface area (Å²) < 4.78 is 1.36. The fourth-order valence-electron chi connectivity index (χ4n) is 0.311. The van der Waals surface area contributed by atoms with E-state index in [0.717, 1.165) is 0 Å². The zero-order valence-corrected chi connectivity index (χ0v) is 4.34. The van der Waals surface area contributed by atoms with Crippen LogP contribution >= 0.6 is 11.8 Å². The second-order valence-corrected chi connectivity index (χ2v) is 1.49. The molecule has 2 nitrogen and oxygen atoms in total. The Morgan fingerprint density at radius 3 is 2.71 bits per heavy atom. The van der Waals surface area contributed by atoms with E-state index in [1.54, 1.807) is 18.5 Å². The van der Waals surface area contributed by atoms with Gasteiger partial charge in [-0.2, -0.15) is 0 Å². The molecule has 0 aliphatic heterocycles. The van der Waals surface area contributed by atoms with E-state index in [1.807, 2.05) is 0 Å². The first kappa shape index (κ1) is 4.53. The Balaban J connectivity index is 3.02. The molecule has 3 heteroatoms. The van der Waals surface area contributed by atoms with Crippen LogP contribution in [0.1, 0.15) is 0 Å². The third kappa shape index (κ3) is 1.12. The first-order valence-corrected chi connectivity index (χ1v) is 2.21. The minimum Gasteiger partial charge on any atom is -0.134 e. The Bertz CT molecular complexity index is 140. The Kier molecular flexibility index (Phi) is 1.22. The fraction of sp³-hybridized carbons (Fsp3) is 0. The van der Waals surface area contributed by atoms with Gasteiger partial charge in [0.1, 0.15) is 24.2 Å². The van der Waals surface area contributed by atoms with Gasteiger partial charge in [-0.1, -0.05) is 4.98 Å². The molecule has 0 fully saturated rings. The SMILES string of the molecule is Cl[n+]1cccnc1. The van der Waals surface area contributed by atoms with Crippen molar-refractivity contribution < 1.29 is 4.09 Å². The quantitative estimate of drug-likeness (QED) is 0.478. The molecule has 1 aromatic rings. The number of hydrogen-bond donors (Lipinski definition) is 0. The van der Waals surface area contributed by atoms with Crippen molar-refractivity contribution in [3.05, 3.63) is 24.8 Å². The van der Waals surface area contributed by atoms with E-state index in [1.165, 1.54) is 10.4 Å². The Morgan fingerprint density at radius 1 is 1.57 bits per heavy atom. The number of rotatable bonds is 0. The van der Waals surface area contributed by atoms with E-state index in [9.17, 15) is 0 Å². The van der Waals surface area contributed by atoms with Gasteiger partial charge in [-0.05, 0) is 0 Å². The molecule has 36 valence electrons. The highest BCUT2D eigenvalue weighted by atomic mass is 35.5. The maximum Gasteiger partial charge on any atom is 0.303 e. The van der Waals surface area contributed by atoms with Gasteiger partial charge in [0, 0.05) is 6.07 Å². The van der Waals surface area contributed by atoms with E-state index in [4.69, 9.17) is 11.8 Å². The van der Waals surface area contributed by atoms with E-state index >= 15 is 0 Å². The number of nitrogens with zero attached hydrogens (tertiary/aromatic N) is 2. The molecule has 0 aliphatic rings. The summed E-state index contributed by atoms with van der Waals surface area (Å²) in [7, 11) is 0. The second kappa shape index (κ2) is 1.89. The summed E-state index contributed by atoms with van der Waals surface area (Å²) in [6.45, 7) is 0. The molecule has 1 aromatic heterocycles. The number of halogens is 1. The summed E-state index contributed by atoms with van der Waals surface area (Å²) in [6, 6.07) is 1.76. The number of hydrogen-bond acceptors (Lipinski definition) is 1. The highest BCUT2D eigenvalue weighted by Crippen LogP contribution is 1.69. The Hall–Kier alpha value is -0.630. The van der Waals surface area contributed by atoms with Gasteiger partial charge < -0.3 is 0 Å². The van der Waals surface area contributed by atoms with Crippen LogP contribution in [0.25, 0.3) is 0 Å². The zero-order valence-electron chi connectivity index (χ0n) is 3.58. The average molecular weight is 116 g/mol. The summed E-state index contributed by atoms with van der Waals surface area (Å²) in [4.78, 5) is 3.72. The molecule has 7 heavy (non-hydrogen) atoms. The van der Waals surface area contributed by atoms with Crippen LogP contribution in [0.15, 0.2) is 24.8 Å². The maximum absolute atomic E-state index is 5.39. The van der Waals surface area contributed by atoms with Gasteiger partial charge in [-0.3, -0.25) is 0 Å². The lowest BCUT2D eigenvalue weighted by molar-refractivity contribution is -0.523. The molecule has 0 atom stereocenters. The molecular weight excluding hydrogens is 112 g/mol. The first-order chi connectivity index (χ1) is 3.39. The lowest BCUT2D eigenvalue weighted by Gasteiger charge is -1.73. The Morgan fingerprint density at radius 2 is 2.43 bits per heavy atom. The summed E-state index contributed by atoms with van der Waals surface area (Å²) in [5, 5.41) is 0. The average Bonchev–Trinajstić information content (AvgIpc) is 1.69. The number of aromatic nitrogens is 2. The van der Waals surface area contributed by atoms with Crippen LogP contribution < -0.4 is 4.09 Å². The monoisotopic (exact) mass is 115 g/mol. The lowest BCUT2D eigenvalue weighted by atomic mass is 10.7. The van der Waals surface area contributed by atoms with Crippen LogP contribution in [0, 0.1) is 0 Å². The van der Waals surface area contributed by atoms with E-state index in [-0.39, 0.29) is 0 Å². The topological polar surface area (TPSA) is 16.8 Å². The predicted octanol–water partition coefficient (Wildman–Crippen LogP) is 0.371. The lowest BCUT2D eigenvalue weighted by Crippen LogP contribution is -2.17. The standard InChI is InChI=1S/C4H4ClN2/c5-7-3-1-2-6-4-7/h1-4H/q+1. The van der Waals surface area contributed by atoms with Crippen LogP contribution in [0.2, 0.25) is 0 Å². The summed E-state index contributed by atoms with van der Waals surface area (Å²) in [5.41, 5.74) is 0. The largest absolute Gasteiger partial charge is 0.303 e. The highest BCUT2D eigenvalue weighted by molar-refractivity contribution is 6.04. The van der Waals surface area contributed by atoms with Crippen molar-refractivity contribution in [1.82, 2.24) is 4.98 Å². The fourth-order valence-corrected chi connectivity index (χ4v) is 0.427. The summed E-state index contributed by atoms with van der Waals surface area (Å²) >= 11 is 5.39. The van der Waals surface area contributed by atoms with Crippen molar-refractivity contribution in [3.8, 4) is 0 Å². The van der Waals surface area contributed by atoms with Crippen molar-refractivity contribution in [1.29, 1.82) is 0 Å². The van der Waals surface area contributed by atoms with Crippen molar-refractivity contribution in [3.63, 3.8) is 0 Å². The molecule has 0 bridgehead atoms. The molecule has 0 N–H and O–H groups in total. The molecule has 1 rings (SSSR count). The molecule has 0 spiro atoms. The molecule has 0 saturated carbocycles. The highest BCUT2D eigenvalue weighted by Gasteiger charge is 1.83. The van der Waals surface area contributed by atoms with Crippen LogP contribution in [0.5, 0.6) is 0 Å². The smallest absolute Gasteiger partial charge is 0.134 e. The van der Waals surface area contributed by atoms with Crippen molar-refractivity contribution in [2.45, 2.75) is 0 Å². The van der Waals surface area contributed by atoms with E-state index < -0.39 is 0 Å². The van der Waals surface area contributed by atoms with Crippen molar-refractivity contribution >= 4 is 11.8 Å². The van der Waals surface area contributed by atoms with E-state index in [0.29, 0.717) is 0 Å². The van der Waals surface area contributed by atoms with Crippen molar-refractivity contribution in [2.24, 2.45) is 0 Å². The Labute approximate surface area is 46.5 Å². The van der Waals surface area contributed by atoms with Gasteiger partial charge in [-0.25, -0.2) is 0 Å². The van der Waals surface area contributed by atoms with E-state index in [2.05, 4.69) is 4.98 Å². The molecule has 0 saturated heterocycles. The van der Waals surface area contributed by atoms with Gasteiger partial charge in [0.2, 0.25) is 0 Å². The van der Waals surface area contributed by atoms with Crippen LogP contribution in [-0.2, 0) is 0 Å². The van der Waals surface area contributed by atoms with Crippen LogP contribution in [0.4, 0.5) is 0 Å². The second-order valence-electron chi connectivity index (χ2n) is 1.10. The molecule has 0 radical (unpaired) electrons. The minimum atomic E-state index is 1.36. The molecule has 1 heterocycles. The molecule has 0 aliphatic carbocycles. The van der Waals surface area contributed by atoms with Gasteiger partial charge in [0.25, 0.3) is 0 Å². The minimum absolute atomic E-state index is 1.36. The molecular formula is C4H4ClN2+. The third-order valence-corrected chi connectivity index (χ3v) is 0.778. The molecule has 0 aromatic carbocycles. The van der Waals surface area contributed by atoms with Gasteiger partial charge >= 0.3 is 6.33 Å². The first-order valence-electron chi connectivity index (χ1n) is 1.87. The summed E-state index contributed by atoms with van der Waals surface area (Å²) in [6.07, 6.45) is 4.88. The molecule has 0 unspecified atom stereocenters.